The molecule has 0 spiro atoms. The number of rotatable bonds is 5. The quantitative estimate of drug-likeness (QED) is 0.806. The fourth-order valence-corrected chi connectivity index (χ4v) is 3.70. The van der Waals surface area contributed by atoms with Gasteiger partial charge in [-0.2, -0.15) is 0 Å². The largest absolute Gasteiger partial charge is 0.478 e. The molecule has 152 valence electrons. The first-order valence-electron chi connectivity index (χ1n) is 9.52. The Hall–Kier alpha value is -3.22. The number of likely N-dealkylation sites (tertiary alicyclic amines) is 1. The molecule has 0 aliphatic carbocycles. The summed E-state index contributed by atoms with van der Waals surface area (Å²) in [4.78, 5) is 36.9. The number of hydrogen-bond donors (Lipinski definition) is 2. The minimum Gasteiger partial charge on any atom is -0.478 e. The van der Waals surface area contributed by atoms with Gasteiger partial charge in [0.15, 0.2) is 0 Å². The van der Waals surface area contributed by atoms with Crippen LogP contribution in [0.1, 0.15) is 46.0 Å². The maximum Gasteiger partial charge on any atom is 0.335 e. The van der Waals surface area contributed by atoms with Crippen LogP contribution in [-0.4, -0.2) is 40.9 Å². The van der Waals surface area contributed by atoms with Gasteiger partial charge in [-0.15, -0.1) is 0 Å². The molecule has 2 amide bonds. The van der Waals surface area contributed by atoms with E-state index in [0.29, 0.717) is 43.6 Å². The van der Waals surface area contributed by atoms with Crippen LogP contribution in [0.3, 0.4) is 0 Å². The summed E-state index contributed by atoms with van der Waals surface area (Å²) in [6, 6.07) is 10.9. The number of carboxylic acids is 1. The second-order valence-corrected chi connectivity index (χ2v) is 7.28. The number of piperidine rings is 1. The van der Waals surface area contributed by atoms with E-state index in [4.69, 9.17) is 0 Å². The molecule has 2 N–H and O–H groups in total. The van der Waals surface area contributed by atoms with Gasteiger partial charge in [-0.25, -0.2) is 9.18 Å². The lowest BCUT2D eigenvalue weighted by Crippen LogP contribution is -2.39. The molecule has 1 saturated heterocycles. The van der Waals surface area contributed by atoms with Crippen LogP contribution in [0.4, 0.5) is 10.1 Å². The summed E-state index contributed by atoms with van der Waals surface area (Å²) in [5.41, 5.74) is 1.41. The van der Waals surface area contributed by atoms with Crippen molar-refractivity contribution in [1.82, 2.24) is 4.90 Å². The number of nitrogens with one attached hydrogen (secondary N) is 1. The molecule has 0 radical (unpaired) electrons. The number of hydrogen-bond acceptors (Lipinski definition) is 3. The Balaban J connectivity index is 1.64. The second-order valence-electron chi connectivity index (χ2n) is 7.28. The van der Waals surface area contributed by atoms with Gasteiger partial charge < -0.3 is 15.3 Å². The number of benzene rings is 2. The molecule has 1 aliphatic heterocycles. The monoisotopic (exact) mass is 398 g/mol. The molecule has 1 aliphatic rings. The Morgan fingerprint density at radius 3 is 2.45 bits per heavy atom. The van der Waals surface area contributed by atoms with Crippen LogP contribution in [0, 0.1) is 11.7 Å². The van der Waals surface area contributed by atoms with Crippen LogP contribution < -0.4 is 5.32 Å². The van der Waals surface area contributed by atoms with E-state index < -0.39 is 17.7 Å². The first-order valence-corrected chi connectivity index (χ1v) is 9.52. The van der Waals surface area contributed by atoms with Gasteiger partial charge in [-0.3, -0.25) is 9.59 Å². The third-order valence-electron chi connectivity index (χ3n) is 5.18. The van der Waals surface area contributed by atoms with Crippen LogP contribution in [0.5, 0.6) is 0 Å². The van der Waals surface area contributed by atoms with E-state index in [2.05, 4.69) is 5.32 Å². The molecule has 0 bridgehead atoms. The molecule has 2 aromatic rings. The SMILES string of the molecule is CC(=O)Nc1ccc(F)c(C(=O)N2CCC(Cc3ccccc3C(=O)O)CC2)c1. The van der Waals surface area contributed by atoms with E-state index in [-0.39, 0.29) is 17.4 Å². The molecule has 7 heteroatoms. The summed E-state index contributed by atoms with van der Waals surface area (Å²) in [6.07, 6.45) is 2.07. The predicted octanol–water partition coefficient (Wildman–Crippen LogP) is 3.58. The Kier molecular flexibility index (Phi) is 6.26. The van der Waals surface area contributed by atoms with Crippen LogP contribution in [0.2, 0.25) is 0 Å². The molecule has 3 rings (SSSR count). The van der Waals surface area contributed by atoms with Gasteiger partial charge in [-0.05, 0) is 55.0 Å². The van der Waals surface area contributed by atoms with Gasteiger partial charge >= 0.3 is 5.97 Å². The Morgan fingerprint density at radius 2 is 1.79 bits per heavy atom. The van der Waals surface area contributed by atoms with E-state index in [9.17, 15) is 23.9 Å². The molecule has 1 fully saturated rings. The molecule has 0 saturated carbocycles. The smallest absolute Gasteiger partial charge is 0.335 e. The number of carbonyl (C=O) groups excluding carboxylic acids is 2. The number of halogens is 1. The zero-order valence-electron chi connectivity index (χ0n) is 16.2. The highest BCUT2D eigenvalue weighted by Gasteiger charge is 2.26. The van der Waals surface area contributed by atoms with Crippen molar-refractivity contribution in [2.45, 2.75) is 26.2 Å². The van der Waals surface area contributed by atoms with Crippen molar-refractivity contribution in [3.8, 4) is 0 Å². The molecule has 6 nitrogen and oxygen atoms in total. The highest BCUT2D eigenvalue weighted by Crippen LogP contribution is 2.25. The van der Waals surface area contributed by atoms with Gasteiger partial charge in [0.25, 0.3) is 5.91 Å². The normalized spacial score (nSPS) is 14.5. The molecule has 1 heterocycles. The van der Waals surface area contributed by atoms with Gasteiger partial charge in [0.1, 0.15) is 5.82 Å². The van der Waals surface area contributed by atoms with Crippen LogP contribution in [-0.2, 0) is 11.2 Å². The lowest BCUT2D eigenvalue weighted by molar-refractivity contribution is -0.114. The first-order chi connectivity index (χ1) is 13.8. The Labute approximate surface area is 168 Å². The van der Waals surface area contributed by atoms with Crippen LogP contribution in [0.25, 0.3) is 0 Å². The van der Waals surface area contributed by atoms with E-state index in [1.54, 1.807) is 17.0 Å². The lowest BCUT2D eigenvalue weighted by Gasteiger charge is -2.32. The first kappa shape index (κ1) is 20.5. The zero-order chi connectivity index (χ0) is 21.0. The third-order valence-corrected chi connectivity index (χ3v) is 5.18. The Bertz CT molecular complexity index is 936. The minimum atomic E-state index is -0.942. The van der Waals surface area contributed by atoms with E-state index >= 15 is 0 Å². The number of anilines is 1. The molecular weight excluding hydrogens is 375 g/mol. The van der Waals surface area contributed by atoms with Crippen LogP contribution >= 0.6 is 0 Å². The van der Waals surface area contributed by atoms with Crippen molar-refractivity contribution in [3.63, 3.8) is 0 Å². The average molecular weight is 398 g/mol. The van der Waals surface area contributed by atoms with Crippen LogP contribution in [0.15, 0.2) is 42.5 Å². The van der Waals surface area contributed by atoms with Crippen molar-refractivity contribution in [2.24, 2.45) is 5.92 Å². The van der Waals surface area contributed by atoms with E-state index in [1.807, 2.05) is 12.1 Å². The fourth-order valence-electron chi connectivity index (χ4n) is 3.70. The standard InChI is InChI=1S/C22H23FN2O4/c1-14(26)24-17-6-7-20(23)19(13-17)21(27)25-10-8-15(9-11-25)12-16-4-2-3-5-18(16)22(28)29/h2-7,13,15H,8-12H2,1H3,(H,24,26)(H,28,29). The van der Waals surface area contributed by atoms with Gasteiger partial charge in [0.2, 0.25) is 5.91 Å². The minimum absolute atomic E-state index is 0.0640. The summed E-state index contributed by atoms with van der Waals surface area (Å²) in [6.45, 7) is 2.29. The number of aromatic carboxylic acids is 1. The maximum atomic E-state index is 14.2. The maximum absolute atomic E-state index is 14.2. The van der Waals surface area contributed by atoms with E-state index in [1.165, 1.54) is 25.1 Å². The van der Waals surface area contributed by atoms with Gasteiger partial charge in [0.05, 0.1) is 11.1 Å². The van der Waals surface area contributed by atoms with Crippen molar-refractivity contribution in [3.05, 3.63) is 65.0 Å². The molecule has 29 heavy (non-hydrogen) atoms. The highest BCUT2D eigenvalue weighted by atomic mass is 19.1. The molecular formula is C22H23FN2O4. The molecule has 2 aromatic carbocycles. The highest BCUT2D eigenvalue weighted by molar-refractivity contribution is 5.97. The molecule has 0 atom stereocenters. The average Bonchev–Trinajstić information content (AvgIpc) is 2.69. The lowest BCUT2D eigenvalue weighted by atomic mass is 9.88. The Morgan fingerprint density at radius 1 is 1.10 bits per heavy atom. The number of nitrogens with zero attached hydrogens (tertiary/aromatic N) is 1. The summed E-state index contributed by atoms with van der Waals surface area (Å²) in [5.74, 6) is -2.00. The fraction of sp³-hybridized carbons (Fsp3) is 0.318. The molecule has 0 aromatic heterocycles. The summed E-state index contributed by atoms with van der Waals surface area (Å²) >= 11 is 0. The number of amides is 2. The second kappa shape index (κ2) is 8.86. The summed E-state index contributed by atoms with van der Waals surface area (Å²) in [5, 5.41) is 11.9. The number of carboxylic acid groups (broad SMARTS) is 1. The summed E-state index contributed by atoms with van der Waals surface area (Å²) < 4.78 is 14.2. The number of carbonyl (C=O) groups is 3. The topological polar surface area (TPSA) is 86.7 Å². The summed E-state index contributed by atoms with van der Waals surface area (Å²) in [7, 11) is 0. The van der Waals surface area contributed by atoms with Crippen molar-refractivity contribution < 1.29 is 23.9 Å². The van der Waals surface area contributed by atoms with Crippen molar-refractivity contribution >= 4 is 23.5 Å². The molecule has 0 unspecified atom stereocenters. The predicted molar refractivity (Wildman–Crippen MR) is 106 cm³/mol. The van der Waals surface area contributed by atoms with E-state index in [0.717, 1.165) is 5.56 Å². The van der Waals surface area contributed by atoms with Crippen molar-refractivity contribution in [1.29, 1.82) is 0 Å². The van der Waals surface area contributed by atoms with Gasteiger partial charge in [-0.1, -0.05) is 18.2 Å². The third kappa shape index (κ3) is 4.99. The van der Waals surface area contributed by atoms with Gasteiger partial charge in [0, 0.05) is 25.7 Å². The zero-order valence-corrected chi connectivity index (χ0v) is 16.2. The van der Waals surface area contributed by atoms with Crippen molar-refractivity contribution in [2.75, 3.05) is 18.4 Å².